The van der Waals surface area contributed by atoms with Gasteiger partial charge in [0.05, 0.1) is 6.20 Å². The lowest BCUT2D eigenvalue weighted by atomic mass is 10.3. The van der Waals surface area contributed by atoms with Crippen molar-refractivity contribution in [2.75, 3.05) is 11.9 Å². The van der Waals surface area contributed by atoms with Crippen molar-refractivity contribution < 1.29 is 0 Å². The zero-order valence-electron chi connectivity index (χ0n) is 5.92. The molecule has 1 atom stereocenters. The van der Waals surface area contributed by atoms with Crippen molar-refractivity contribution in [3.8, 4) is 0 Å². The molecular weight excluding hydrogens is 164 g/mol. The number of rotatable bonds is 0. The molecule has 4 nitrogen and oxygen atoms in total. The van der Waals surface area contributed by atoms with Crippen molar-refractivity contribution in [1.29, 1.82) is 0 Å². The minimum absolute atomic E-state index is 0.134. The number of aromatic nitrogens is 2. The van der Waals surface area contributed by atoms with Gasteiger partial charge in [0, 0.05) is 19.1 Å². The molecular formula is C6H9ClN4. The molecule has 1 aliphatic heterocycles. The number of nitrogens with one attached hydrogen (secondary N) is 1. The topological polar surface area (TPSA) is 55.9 Å². The maximum Gasteiger partial charge on any atom is 0.204 e. The van der Waals surface area contributed by atoms with Crippen molar-refractivity contribution in [2.24, 2.45) is 5.73 Å². The van der Waals surface area contributed by atoms with Crippen LogP contribution in [0, 0.1) is 0 Å². The van der Waals surface area contributed by atoms with Crippen molar-refractivity contribution in [3.63, 3.8) is 0 Å². The number of hydrogen-bond donors (Lipinski definition) is 2. The van der Waals surface area contributed by atoms with Crippen LogP contribution in [0.1, 0.15) is 0 Å². The van der Waals surface area contributed by atoms with Crippen LogP contribution >= 0.6 is 11.6 Å². The van der Waals surface area contributed by atoms with E-state index in [1.165, 1.54) is 0 Å². The highest BCUT2D eigenvalue weighted by atomic mass is 35.5. The van der Waals surface area contributed by atoms with E-state index >= 15 is 0 Å². The van der Waals surface area contributed by atoms with E-state index in [1.54, 1.807) is 6.20 Å². The summed E-state index contributed by atoms with van der Waals surface area (Å²) in [5.74, 6) is 0.816. The summed E-state index contributed by atoms with van der Waals surface area (Å²) in [4.78, 5) is 4.06. The molecule has 1 unspecified atom stereocenters. The van der Waals surface area contributed by atoms with Crippen LogP contribution in [0.15, 0.2) is 6.20 Å². The zero-order chi connectivity index (χ0) is 7.84. The summed E-state index contributed by atoms with van der Waals surface area (Å²) in [7, 11) is 0. The average molecular weight is 173 g/mol. The van der Waals surface area contributed by atoms with E-state index in [1.807, 2.05) is 4.57 Å². The van der Waals surface area contributed by atoms with Gasteiger partial charge in [-0.1, -0.05) is 11.6 Å². The first-order chi connectivity index (χ1) is 5.27. The Morgan fingerprint density at radius 2 is 2.64 bits per heavy atom. The van der Waals surface area contributed by atoms with Gasteiger partial charge in [-0.2, -0.15) is 0 Å². The van der Waals surface area contributed by atoms with Gasteiger partial charge < -0.3 is 11.1 Å². The SMILES string of the molecule is NC1CNc2ncc(Cl)n2C1. The molecule has 1 aliphatic rings. The Morgan fingerprint density at radius 3 is 3.45 bits per heavy atom. The van der Waals surface area contributed by atoms with Crippen LogP contribution in [0.3, 0.4) is 0 Å². The molecule has 2 heterocycles. The number of nitrogens with two attached hydrogens (primary N) is 1. The molecule has 1 aromatic heterocycles. The Morgan fingerprint density at radius 1 is 1.82 bits per heavy atom. The van der Waals surface area contributed by atoms with Gasteiger partial charge in [-0.15, -0.1) is 0 Å². The summed E-state index contributed by atoms with van der Waals surface area (Å²) in [6.45, 7) is 1.52. The molecule has 0 bridgehead atoms. The second-order valence-corrected chi connectivity index (χ2v) is 3.04. The van der Waals surface area contributed by atoms with E-state index in [2.05, 4.69) is 10.3 Å². The Balaban J connectivity index is 2.37. The molecule has 5 heteroatoms. The molecule has 0 aromatic carbocycles. The number of anilines is 1. The molecule has 0 saturated heterocycles. The third kappa shape index (κ3) is 1.08. The molecule has 60 valence electrons. The molecule has 0 amide bonds. The van der Waals surface area contributed by atoms with Gasteiger partial charge in [-0.3, -0.25) is 4.57 Å². The van der Waals surface area contributed by atoms with E-state index < -0.39 is 0 Å². The largest absolute Gasteiger partial charge is 0.354 e. The number of imidazole rings is 1. The fourth-order valence-electron chi connectivity index (χ4n) is 1.19. The fourth-order valence-corrected chi connectivity index (χ4v) is 1.39. The molecule has 1 aromatic rings. The van der Waals surface area contributed by atoms with Crippen LogP contribution in [0.25, 0.3) is 0 Å². The molecule has 0 spiro atoms. The standard InChI is InChI=1S/C6H9ClN4/c7-5-2-10-6-9-1-4(8)3-11(5)6/h2,4H,1,3,8H2,(H,9,10). The van der Waals surface area contributed by atoms with Crippen molar-refractivity contribution in [1.82, 2.24) is 9.55 Å². The second kappa shape index (κ2) is 2.39. The maximum atomic E-state index is 5.83. The minimum Gasteiger partial charge on any atom is -0.354 e. The van der Waals surface area contributed by atoms with Crippen LogP contribution in [-0.4, -0.2) is 22.1 Å². The Bertz CT molecular complexity index is 270. The summed E-state index contributed by atoms with van der Waals surface area (Å²) in [6.07, 6.45) is 1.63. The van der Waals surface area contributed by atoms with E-state index in [-0.39, 0.29) is 6.04 Å². The Kier molecular flexibility index (Phi) is 1.51. The van der Waals surface area contributed by atoms with E-state index in [9.17, 15) is 0 Å². The van der Waals surface area contributed by atoms with Crippen LogP contribution in [0.5, 0.6) is 0 Å². The number of fused-ring (bicyclic) bond motifs is 1. The lowest BCUT2D eigenvalue weighted by molar-refractivity contribution is 0.543. The van der Waals surface area contributed by atoms with Crippen LogP contribution in [0.2, 0.25) is 5.15 Å². The van der Waals surface area contributed by atoms with Crippen molar-refractivity contribution in [2.45, 2.75) is 12.6 Å². The molecule has 2 rings (SSSR count). The normalized spacial score (nSPS) is 22.5. The van der Waals surface area contributed by atoms with Gasteiger partial charge in [0.25, 0.3) is 0 Å². The summed E-state index contributed by atoms with van der Waals surface area (Å²) in [6, 6.07) is 0.134. The quantitative estimate of drug-likeness (QED) is 0.592. The third-order valence-electron chi connectivity index (χ3n) is 1.75. The molecule has 0 fully saturated rings. The lowest BCUT2D eigenvalue weighted by Crippen LogP contribution is -2.38. The van der Waals surface area contributed by atoms with Gasteiger partial charge >= 0.3 is 0 Å². The van der Waals surface area contributed by atoms with Gasteiger partial charge in [-0.05, 0) is 0 Å². The summed E-state index contributed by atoms with van der Waals surface area (Å²) in [5, 5.41) is 3.72. The lowest BCUT2D eigenvalue weighted by Gasteiger charge is -2.21. The molecule has 11 heavy (non-hydrogen) atoms. The van der Waals surface area contributed by atoms with E-state index in [4.69, 9.17) is 17.3 Å². The van der Waals surface area contributed by atoms with Gasteiger partial charge in [0.1, 0.15) is 5.15 Å². The summed E-state index contributed by atoms with van der Waals surface area (Å²) >= 11 is 5.83. The van der Waals surface area contributed by atoms with Crippen LogP contribution in [0.4, 0.5) is 5.95 Å². The van der Waals surface area contributed by atoms with E-state index in [0.29, 0.717) is 5.15 Å². The predicted molar refractivity (Wildman–Crippen MR) is 43.7 cm³/mol. The van der Waals surface area contributed by atoms with Crippen molar-refractivity contribution in [3.05, 3.63) is 11.3 Å². The fraction of sp³-hybridized carbons (Fsp3) is 0.500. The first kappa shape index (κ1) is 6.94. The highest BCUT2D eigenvalue weighted by Crippen LogP contribution is 2.18. The highest BCUT2D eigenvalue weighted by molar-refractivity contribution is 6.29. The Hall–Kier alpha value is -0.740. The van der Waals surface area contributed by atoms with Gasteiger partial charge in [0.2, 0.25) is 5.95 Å². The Labute approximate surface area is 69.4 Å². The monoisotopic (exact) mass is 172 g/mol. The molecule has 0 radical (unpaired) electrons. The number of halogens is 1. The number of hydrogen-bond acceptors (Lipinski definition) is 3. The van der Waals surface area contributed by atoms with Gasteiger partial charge in [-0.25, -0.2) is 4.98 Å². The zero-order valence-corrected chi connectivity index (χ0v) is 6.67. The molecule has 0 aliphatic carbocycles. The van der Waals surface area contributed by atoms with Gasteiger partial charge in [0.15, 0.2) is 0 Å². The predicted octanol–water partition coefficient (Wildman–Crippen LogP) is 0.289. The third-order valence-corrected chi connectivity index (χ3v) is 2.05. The summed E-state index contributed by atoms with van der Waals surface area (Å²) < 4.78 is 1.87. The van der Waals surface area contributed by atoms with Crippen LogP contribution in [-0.2, 0) is 6.54 Å². The second-order valence-electron chi connectivity index (χ2n) is 2.66. The highest BCUT2D eigenvalue weighted by Gasteiger charge is 2.16. The van der Waals surface area contributed by atoms with Crippen LogP contribution < -0.4 is 11.1 Å². The summed E-state index contributed by atoms with van der Waals surface area (Å²) in [5.41, 5.74) is 5.71. The van der Waals surface area contributed by atoms with E-state index in [0.717, 1.165) is 19.0 Å². The maximum absolute atomic E-state index is 5.83. The van der Waals surface area contributed by atoms with Crippen molar-refractivity contribution >= 4 is 17.5 Å². The minimum atomic E-state index is 0.134. The molecule has 0 saturated carbocycles. The first-order valence-electron chi connectivity index (χ1n) is 3.48. The number of nitrogens with zero attached hydrogens (tertiary/aromatic N) is 2. The average Bonchev–Trinajstić information content (AvgIpc) is 2.33. The smallest absolute Gasteiger partial charge is 0.204 e. The molecule has 3 N–H and O–H groups in total. The first-order valence-corrected chi connectivity index (χ1v) is 3.85.